The fourth-order valence-corrected chi connectivity index (χ4v) is 2.85. The molecule has 2 aromatic heterocycles. The number of rotatable bonds is 4. The Morgan fingerprint density at radius 2 is 2.33 bits per heavy atom. The standard InChI is InChI=1S/C13H19N7O/c1-15-12-8-6-16-19(2)13(8)18-10(17-12)7-20-5-3-4-9(20)11(14)21/h6,9H,3-5,7H2,1-2H3,(H2,14,21)(H,15,17,18). The first-order valence-corrected chi connectivity index (χ1v) is 7.00. The largest absolute Gasteiger partial charge is 0.372 e. The zero-order chi connectivity index (χ0) is 15.0. The van der Waals surface area contributed by atoms with Crippen molar-refractivity contribution >= 4 is 22.8 Å². The summed E-state index contributed by atoms with van der Waals surface area (Å²) in [6, 6.07) is -0.214. The van der Waals surface area contributed by atoms with Crippen LogP contribution in [-0.4, -0.2) is 50.2 Å². The third-order valence-corrected chi connectivity index (χ3v) is 3.91. The highest BCUT2D eigenvalue weighted by molar-refractivity contribution is 5.86. The van der Waals surface area contributed by atoms with Crippen LogP contribution in [0.1, 0.15) is 18.7 Å². The third kappa shape index (κ3) is 2.42. The Balaban J connectivity index is 1.93. The zero-order valence-electron chi connectivity index (χ0n) is 12.2. The van der Waals surface area contributed by atoms with Crippen molar-refractivity contribution in [2.45, 2.75) is 25.4 Å². The molecule has 8 heteroatoms. The summed E-state index contributed by atoms with van der Waals surface area (Å²) in [6.45, 7) is 1.36. The van der Waals surface area contributed by atoms with E-state index in [-0.39, 0.29) is 11.9 Å². The number of anilines is 1. The molecule has 3 rings (SSSR count). The highest BCUT2D eigenvalue weighted by Crippen LogP contribution is 2.22. The Bertz CT molecular complexity index is 680. The van der Waals surface area contributed by atoms with Gasteiger partial charge in [0.05, 0.1) is 24.2 Å². The number of carbonyl (C=O) groups is 1. The van der Waals surface area contributed by atoms with Crippen LogP contribution in [0, 0.1) is 0 Å². The minimum Gasteiger partial charge on any atom is -0.372 e. The molecule has 1 aliphatic rings. The van der Waals surface area contributed by atoms with E-state index in [4.69, 9.17) is 5.73 Å². The summed E-state index contributed by atoms with van der Waals surface area (Å²) in [5.41, 5.74) is 6.23. The first-order chi connectivity index (χ1) is 10.1. The molecule has 0 spiro atoms. The number of aromatic nitrogens is 4. The van der Waals surface area contributed by atoms with Crippen LogP contribution in [0.3, 0.4) is 0 Å². The number of primary amides is 1. The van der Waals surface area contributed by atoms with Gasteiger partial charge in [-0.3, -0.25) is 14.4 Å². The number of aryl methyl sites for hydroxylation is 1. The van der Waals surface area contributed by atoms with Crippen LogP contribution >= 0.6 is 0 Å². The van der Waals surface area contributed by atoms with Gasteiger partial charge in [0.15, 0.2) is 5.65 Å². The van der Waals surface area contributed by atoms with Gasteiger partial charge in [-0.25, -0.2) is 9.97 Å². The normalized spacial score (nSPS) is 19.2. The van der Waals surface area contributed by atoms with Crippen molar-refractivity contribution in [2.75, 3.05) is 18.9 Å². The van der Waals surface area contributed by atoms with Crippen LogP contribution in [0.5, 0.6) is 0 Å². The highest BCUT2D eigenvalue weighted by atomic mass is 16.1. The number of hydrogen-bond acceptors (Lipinski definition) is 6. The average Bonchev–Trinajstić information content (AvgIpc) is 3.06. The first-order valence-electron chi connectivity index (χ1n) is 7.00. The fourth-order valence-electron chi connectivity index (χ4n) is 2.85. The molecular formula is C13H19N7O. The molecule has 1 unspecified atom stereocenters. The molecule has 0 aromatic carbocycles. The van der Waals surface area contributed by atoms with Gasteiger partial charge in [0, 0.05) is 14.1 Å². The Kier molecular flexibility index (Phi) is 3.46. The van der Waals surface area contributed by atoms with Crippen molar-refractivity contribution in [1.82, 2.24) is 24.6 Å². The SMILES string of the molecule is CNc1nc(CN2CCCC2C(N)=O)nc2c1cnn2C. The lowest BCUT2D eigenvalue weighted by Gasteiger charge is -2.21. The lowest BCUT2D eigenvalue weighted by Crippen LogP contribution is -2.40. The molecule has 1 amide bonds. The second-order valence-electron chi connectivity index (χ2n) is 5.27. The van der Waals surface area contributed by atoms with Crippen LogP contribution in [-0.2, 0) is 18.4 Å². The maximum atomic E-state index is 11.5. The van der Waals surface area contributed by atoms with E-state index in [1.165, 1.54) is 0 Å². The summed E-state index contributed by atoms with van der Waals surface area (Å²) in [5, 5.41) is 8.16. The Morgan fingerprint density at radius 1 is 1.52 bits per heavy atom. The van der Waals surface area contributed by atoms with Gasteiger partial charge in [-0.1, -0.05) is 0 Å². The van der Waals surface area contributed by atoms with Gasteiger partial charge >= 0.3 is 0 Å². The van der Waals surface area contributed by atoms with Crippen LogP contribution in [0.25, 0.3) is 11.0 Å². The molecule has 21 heavy (non-hydrogen) atoms. The fraction of sp³-hybridized carbons (Fsp3) is 0.538. The lowest BCUT2D eigenvalue weighted by atomic mass is 10.2. The Hall–Kier alpha value is -2.22. The van der Waals surface area contributed by atoms with E-state index >= 15 is 0 Å². The van der Waals surface area contributed by atoms with Gasteiger partial charge in [0.2, 0.25) is 5.91 Å². The highest BCUT2D eigenvalue weighted by Gasteiger charge is 2.29. The molecule has 0 bridgehead atoms. The van der Waals surface area contributed by atoms with E-state index in [0.717, 1.165) is 36.2 Å². The second-order valence-corrected chi connectivity index (χ2v) is 5.27. The minimum atomic E-state index is -0.275. The molecule has 1 aliphatic heterocycles. The lowest BCUT2D eigenvalue weighted by molar-refractivity contribution is -0.122. The van der Waals surface area contributed by atoms with Gasteiger partial charge < -0.3 is 11.1 Å². The van der Waals surface area contributed by atoms with Crippen molar-refractivity contribution in [3.63, 3.8) is 0 Å². The maximum absolute atomic E-state index is 11.5. The second kappa shape index (κ2) is 5.28. The van der Waals surface area contributed by atoms with E-state index in [1.807, 2.05) is 19.0 Å². The zero-order valence-corrected chi connectivity index (χ0v) is 12.2. The molecule has 0 aliphatic carbocycles. The minimum absolute atomic E-state index is 0.214. The van der Waals surface area contributed by atoms with E-state index in [0.29, 0.717) is 12.4 Å². The molecular weight excluding hydrogens is 270 g/mol. The third-order valence-electron chi connectivity index (χ3n) is 3.91. The van der Waals surface area contributed by atoms with Crippen LogP contribution in [0.2, 0.25) is 0 Å². The molecule has 0 radical (unpaired) electrons. The Morgan fingerprint density at radius 3 is 3.05 bits per heavy atom. The number of hydrogen-bond donors (Lipinski definition) is 2. The number of amides is 1. The molecule has 3 heterocycles. The first kappa shape index (κ1) is 13.7. The average molecular weight is 289 g/mol. The topological polar surface area (TPSA) is 102 Å². The summed E-state index contributed by atoms with van der Waals surface area (Å²) in [6.07, 6.45) is 3.52. The quantitative estimate of drug-likeness (QED) is 0.812. The molecule has 1 atom stereocenters. The van der Waals surface area contributed by atoms with Gasteiger partial charge in [-0.2, -0.15) is 5.10 Å². The van der Waals surface area contributed by atoms with E-state index in [9.17, 15) is 4.79 Å². The molecule has 1 saturated heterocycles. The van der Waals surface area contributed by atoms with Crippen molar-refractivity contribution in [2.24, 2.45) is 12.8 Å². The summed E-state index contributed by atoms with van der Waals surface area (Å²) < 4.78 is 1.72. The smallest absolute Gasteiger partial charge is 0.234 e. The molecule has 2 aromatic rings. The van der Waals surface area contributed by atoms with Gasteiger partial charge in [0.25, 0.3) is 0 Å². The van der Waals surface area contributed by atoms with Crippen molar-refractivity contribution in [3.05, 3.63) is 12.0 Å². The van der Waals surface area contributed by atoms with E-state index < -0.39 is 0 Å². The predicted molar refractivity (Wildman–Crippen MR) is 78.5 cm³/mol. The Labute approximate surface area is 122 Å². The molecule has 112 valence electrons. The van der Waals surface area contributed by atoms with Crippen LogP contribution in [0.4, 0.5) is 5.82 Å². The number of nitrogens with zero attached hydrogens (tertiary/aromatic N) is 5. The summed E-state index contributed by atoms with van der Waals surface area (Å²) in [5.74, 6) is 1.14. The molecule has 3 N–H and O–H groups in total. The molecule has 0 saturated carbocycles. The summed E-state index contributed by atoms with van der Waals surface area (Å²) in [4.78, 5) is 22.6. The number of nitrogens with two attached hydrogens (primary N) is 1. The van der Waals surface area contributed by atoms with Crippen molar-refractivity contribution in [1.29, 1.82) is 0 Å². The van der Waals surface area contributed by atoms with Crippen LogP contribution in [0.15, 0.2) is 6.20 Å². The molecule has 8 nitrogen and oxygen atoms in total. The monoisotopic (exact) mass is 289 g/mol. The van der Waals surface area contributed by atoms with Crippen molar-refractivity contribution < 1.29 is 4.79 Å². The van der Waals surface area contributed by atoms with E-state index in [1.54, 1.807) is 10.9 Å². The summed E-state index contributed by atoms with van der Waals surface area (Å²) >= 11 is 0. The van der Waals surface area contributed by atoms with E-state index in [2.05, 4.69) is 20.4 Å². The van der Waals surface area contributed by atoms with Crippen LogP contribution < -0.4 is 11.1 Å². The summed E-state index contributed by atoms with van der Waals surface area (Å²) in [7, 11) is 3.67. The van der Waals surface area contributed by atoms with Gasteiger partial charge in [0.1, 0.15) is 11.6 Å². The number of carbonyl (C=O) groups excluding carboxylic acids is 1. The van der Waals surface area contributed by atoms with Crippen molar-refractivity contribution in [3.8, 4) is 0 Å². The number of likely N-dealkylation sites (tertiary alicyclic amines) is 1. The van der Waals surface area contributed by atoms with Gasteiger partial charge in [-0.15, -0.1) is 0 Å². The molecule has 1 fully saturated rings. The number of nitrogens with one attached hydrogen (secondary N) is 1. The predicted octanol–water partition coefficient (Wildman–Crippen LogP) is -0.145. The van der Waals surface area contributed by atoms with Gasteiger partial charge in [-0.05, 0) is 19.4 Å². The number of fused-ring (bicyclic) bond motifs is 1. The maximum Gasteiger partial charge on any atom is 0.234 e.